The quantitative estimate of drug-likeness (QED) is 0.567. The summed E-state index contributed by atoms with van der Waals surface area (Å²) in [6.07, 6.45) is -1.57. The van der Waals surface area contributed by atoms with Gasteiger partial charge in [0.15, 0.2) is 0 Å². The Morgan fingerprint density at radius 3 is 2.41 bits per heavy atom. The molecule has 3 heterocycles. The minimum atomic E-state index is -4.75. The predicted molar refractivity (Wildman–Crippen MR) is 135 cm³/mol. The van der Waals surface area contributed by atoms with Gasteiger partial charge in [0.05, 0.1) is 11.1 Å². The molecule has 1 unspecified atom stereocenters. The number of pyridine rings is 1. The van der Waals surface area contributed by atoms with E-state index < -0.39 is 46.9 Å². The Bertz CT molecular complexity index is 1230. The molecule has 0 saturated carbocycles. The Labute approximate surface area is 224 Å². The number of likely N-dealkylation sites (tertiary alicyclic amines) is 2. The van der Waals surface area contributed by atoms with Crippen molar-refractivity contribution in [3.63, 3.8) is 0 Å². The first kappa shape index (κ1) is 28.5. The molecule has 1 spiro atoms. The van der Waals surface area contributed by atoms with E-state index in [1.807, 2.05) is 18.2 Å². The van der Waals surface area contributed by atoms with Crippen LogP contribution in [-0.2, 0) is 15.8 Å². The minimum absolute atomic E-state index is 0.00290. The lowest BCUT2D eigenvalue weighted by Crippen LogP contribution is -2.57. The molecule has 2 saturated heterocycles. The van der Waals surface area contributed by atoms with Gasteiger partial charge < -0.3 is 15.1 Å². The van der Waals surface area contributed by atoms with E-state index in [9.17, 15) is 31.9 Å². The van der Waals surface area contributed by atoms with E-state index in [0.29, 0.717) is 57.1 Å². The van der Waals surface area contributed by atoms with E-state index in [4.69, 9.17) is 0 Å². The summed E-state index contributed by atoms with van der Waals surface area (Å²) >= 11 is 0. The average Bonchev–Trinajstić information content (AvgIpc) is 2.89. The summed E-state index contributed by atoms with van der Waals surface area (Å²) in [4.78, 5) is 46.9. The van der Waals surface area contributed by atoms with Crippen LogP contribution in [0.25, 0.3) is 0 Å². The van der Waals surface area contributed by atoms with Gasteiger partial charge in [0.25, 0.3) is 5.91 Å². The third-order valence-corrected chi connectivity index (χ3v) is 8.00. The molecule has 2 aliphatic heterocycles. The number of hydrogen-bond acceptors (Lipinski definition) is 4. The van der Waals surface area contributed by atoms with Crippen LogP contribution in [0.5, 0.6) is 0 Å². The van der Waals surface area contributed by atoms with Crippen molar-refractivity contribution in [3.8, 4) is 0 Å². The normalized spacial score (nSPS) is 20.3. The van der Waals surface area contributed by atoms with Gasteiger partial charge in [-0.05, 0) is 54.5 Å². The van der Waals surface area contributed by atoms with Gasteiger partial charge in [-0.15, -0.1) is 0 Å². The maximum atomic E-state index is 14.3. The number of alkyl halides is 3. The van der Waals surface area contributed by atoms with E-state index in [2.05, 4.69) is 10.3 Å². The lowest BCUT2D eigenvalue weighted by molar-refractivity contribution is -0.143. The molecule has 0 radical (unpaired) electrons. The lowest BCUT2D eigenvalue weighted by Gasteiger charge is -2.50. The molecule has 2 aliphatic rings. The molecule has 0 bridgehead atoms. The van der Waals surface area contributed by atoms with Crippen LogP contribution in [0.15, 0.2) is 42.6 Å². The van der Waals surface area contributed by atoms with E-state index in [1.54, 1.807) is 36.9 Å². The average molecular weight is 549 g/mol. The van der Waals surface area contributed by atoms with Gasteiger partial charge in [0, 0.05) is 50.9 Å². The number of aromatic nitrogens is 1. The molecule has 0 aliphatic carbocycles. The van der Waals surface area contributed by atoms with Gasteiger partial charge in [-0.25, -0.2) is 4.39 Å². The topological polar surface area (TPSA) is 82.6 Å². The van der Waals surface area contributed by atoms with Crippen molar-refractivity contribution in [1.82, 2.24) is 20.1 Å². The molecule has 11 heteroatoms. The fraction of sp³-hybridized carbons (Fsp3) is 0.500. The fourth-order valence-electron chi connectivity index (χ4n) is 5.62. The molecule has 2 atom stereocenters. The molecule has 39 heavy (non-hydrogen) atoms. The van der Waals surface area contributed by atoms with E-state index >= 15 is 0 Å². The van der Waals surface area contributed by atoms with Crippen molar-refractivity contribution in [2.75, 3.05) is 26.7 Å². The summed E-state index contributed by atoms with van der Waals surface area (Å²) < 4.78 is 53.6. The van der Waals surface area contributed by atoms with Crippen LogP contribution < -0.4 is 5.32 Å². The molecule has 210 valence electrons. The Morgan fingerprint density at radius 2 is 1.82 bits per heavy atom. The molecule has 2 fully saturated rings. The molecule has 1 aromatic heterocycles. The monoisotopic (exact) mass is 548 g/mol. The van der Waals surface area contributed by atoms with Crippen LogP contribution in [0.2, 0.25) is 0 Å². The maximum Gasteiger partial charge on any atom is 0.416 e. The van der Waals surface area contributed by atoms with E-state index in [0.717, 1.165) is 5.69 Å². The highest BCUT2D eigenvalue weighted by molar-refractivity contribution is 5.98. The van der Waals surface area contributed by atoms with Crippen molar-refractivity contribution >= 4 is 17.7 Å². The molecule has 3 amide bonds. The summed E-state index contributed by atoms with van der Waals surface area (Å²) in [6, 6.07) is 6.24. The van der Waals surface area contributed by atoms with Gasteiger partial charge in [0.2, 0.25) is 11.8 Å². The van der Waals surface area contributed by atoms with E-state index in [1.165, 1.54) is 0 Å². The number of carbonyl (C=O) groups excluding carboxylic acids is 3. The van der Waals surface area contributed by atoms with Crippen LogP contribution in [0.3, 0.4) is 0 Å². The summed E-state index contributed by atoms with van der Waals surface area (Å²) in [6.45, 7) is 4.61. The first-order chi connectivity index (χ1) is 18.3. The SMILES string of the molecule is CC(C)[C@@H](NC(=O)c1cc(C(F)(F)F)ccc1F)C(=O)N1CCC2(CC1)CC(=O)N(C)CC2c1ccccn1. The third-order valence-electron chi connectivity index (χ3n) is 8.00. The second-order valence-electron chi connectivity index (χ2n) is 10.8. The smallest absolute Gasteiger partial charge is 0.345 e. The molecule has 1 N–H and O–H groups in total. The van der Waals surface area contributed by atoms with Crippen molar-refractivity contribution in [2.45, 2.75) is 51.2 Å². The largest absolute Gasteiger partial charge is 0.416 e. The zero-order valence-electron chi connectivity index (χ0n) is 22.1. The highest BCUT2D eigenvalue weighted by Gasteiger charge is 2.49. The minimum Gasteiger partial charge on any atom is -0.345 e. The summed E-state index contributed by atoms with van der Waals surface area (Å²) in [5.74, 6) is -2.95. The first-order valence-corrected chi connectivity index (χ1v) is 12.9. The summed E-state index contributed by atoms with van der Waals surface area (Å²) in [7, 11) is 1.77. The number of piperidine rings is 2. The lowest BCUT2D eigenvalue weighted by atomic mass is 9.63. The van der Waals surface area contributed by atoms with Crippen LogP contribution in [-0.4, -0.2) is 65.2 Å². The van der Waals surface area contributed by atoms with Crippen molar-refractivity contribution in [2.24, 2.45) is 11.3 Å². The number of carbonyl (C=O) groups is 3. The van der Waals surface area contributed by atoms with Crippen molar-refractivity contribution in [3.05, 3.63) is 65.2 Å². The van der Waals surface area contributed by atoms with Crippen molar-refractivity contribution in [1.29, 1.82) is 0 Å². The second kappa shape index (κ2) is 10.9. The number of hydrogen-bond donors (Lipinski definition) is 1. The predicted octanol–water partition coefficient (Wildman–Crippen LogP) is 4.25. The highest BCUT2D eigenvalue weighted by atomic mass is 19.4. The highest BCUT2D eigenvalue weighted by Crippen LogP contribution is 2.49. The van der Waals surface area contributed by atoms with Crippen LogP contribution >= 0.6 is 0 Å². The Kier molecular flexibility index (Phi) is 7.99. The van der Waals surface area contributed by atoms with Gasteiger partial charge in [-0.1, -0.05) is 19.9 Å². The number of nitrogens with one attached hydrogen (secondary N) is 1. The van der Waals surface area contributed by atoms with Gasteiger partial charge in [0.1, 0.15) is 11.9 Å². The van der Waals surface area contributed by atoms with Gasteiger partial charge in [-0.2, -0.15) is 13.2 Å². The summed E-state index contributed by atoms with van der Waals surface area (Å²) in [5.41, 5.74) is -1.40. The molecule has 1 aromatic carbocycles. The molecular formula is C28H32F4N4O3. The number of rotatable bonds is 5. The Morgan fingerprint density at radius 1 is 1.13 bits per heavy atom. The van der Waals surface area contributed by atoms with Crippen LogP contribution in [0.4, 0.5) is 17.6 Å². The van der Waals surface area contributed by atoms with E-state index in [-0.39, 0.29) is 17.2 Å². The molecule has 4 rings (SSSR count). The number of nitrogens with zero attached hydrogens (tertiary/aromatic N) is 3. The zero-order valence-corrected chi connectivity index (χ0v) is 22.1. The first-order valence-electron chi connectivity index (χ1n) is 12.9. The standard InChI is InChI=1S/C28H32F4N4O3/c1-17(2)24(34-25(38)19-14-18(28(30,31)32)7-8-21(19)29)26(39)36-12-9-27(10-13-36)15-23(37)35(3)16-20(27)22-6-4-5-11-33-22/h4-8,11,14,17,20,24H,9-10,12-13,15-16H2,1-3H3,(H,34,38)/t20?,24-/m1/s1. The third kappa shape index (κ3) is 5.91. The van der Waals surface area contributed by atoms with Gasteiger partial charge in [-0.3, -0.25) is 19.4 Å². The van der Waals surface area contributed by atoms with Crippen molar-refractivity contribution < 1.29 is 31.9 Å². The number of amides is 3. The number of benzene rings is 1. The van der Waals surface area contributed by atoms with Crippen LogP contribution in [0.1, 0.15) is 60.6 Å². The number of likely N-dealkylation sites (N-methyl/N-ethyl adjacent to an activating group) is 1. The second-order valence-corrected chi connectivity index (χ2v) is 10.8. The fourth-order valence-corrected chi connectivity index (χ4v) is 5.62. The number of halogens is 4. The Balaban J connectivity index is 1.50. The molecule has 2 aromatic rings. The maximum absolute atomic E-state index is 14.3. The summed E-state index contributed by atoms with van der Waals surface area (Å²) in [5, 5.41) is 2.46. The zero-order chi connectivity index (χ0) is 28.5. The van der Waals surface area contributed by atoms with Crippen LogP contribution in [0, 0.1) is 17.2 Å². The van der Waals surface area contributed by atoms with Gasteiger partial charge >= 0.3 is 6.18 Å². The Hall–Kier alpha value is -3.50. The molecular weight excluding hydrogens is 516 g/mol. The molecule has 7 nitrogen and oxygen atoms in total.